The Morgan fingerprint density at radius 2 is 2.67 bits per heavy atom. The normalized spacial score (nSPS) is 22.3. The van der Waals surface area contributed by atoms with Crippen molar-refractivity contribution in [1.82, 2.24) is 0 Å². The molecule has 6 heavy (non-hydrogen) atoms. The molecule has 1 aliphatic rings. The van der Waals surface area contributed by atoms with Crippen molar-refractivity contribution in [3.8, 4) is 0 Å². The van der Waals surface area contributed by atoms with Crippen LogP contribution in [0.25, 0.3) is 0 Å². The molecule has 1 rings (SSSR count). The van der Waals surface area contributed by atoms with Gasteiger partial charge in [-0.25, -0.2) is 0 Å². The first-order valence-electron chi connectivity index (χ1n) is 2.14. The SMILES string of the molecule is C=C1[CH][C]CC1. The molecule has 0 aromatic heterocycles. The lowest BCUT2D eigenvalue weighted by Crippen LogP contribution is -1.61. The zero-order chi connectivity index (χ0) is 4.41. The number of hydrogen-bond acceptors (Lipinski definition) is 0. The first kappa shape index (κ1) is 3.91. The minimum Gasteiger partial charge on any atom is -0.0995 e. The molecule has 0 aromatic carbocycles. The predicted molar refractivity (Wildman–Crippen MR) is 25.9 cm³/mol. The highest BCUT2D eigenvalue weighted by Crippen LogP contribution is 2.18. The summed E-state index contributed by atoms with van der Waals surface area (Å²) in [7, 11) is 0. The molecule has 0 heterocycles. The van der Waals surface area contributed by atoms with E-state index in [4.69, 9.17) is 0 Å². The van der Waals surface area contributed by atoms with E-state index in [2.05, 4.69) is 13.0 Å². The molecule has 0 spiro atoms. The second-order valence-corrected chi connectivity index (χ2v) is 1.51. The van der Waals surface area contributed by atoms with Crippen LogP contribution in [0.3, 0.4) is 0 Å². The summed E-state index contributed by atoms with van der Waals surface area (Å²) in [5.41, 5.74) is 1.22. The van der Waals surface area contributed by atoms with Gasteiger partial charge in [0.05, 0.1) is 0 Å². The Bertz CT molecular complexity index is 54.4. The van der Waals surface area contributed by atoms with Crippen molar-refractivity contribution in [2.24, 2.45) is 0 Å². The summed E-state index contributed by atoms with van der Waals surface area (Å²) in [5, 5.41) is 0. The lowest BCUT2D eigenvalue weighted by molar-refractivity contribution is 1.05. The van der Waals surface area contributed by atoms with Gasteiger partial charge in [0.1, 0.15) is 0 Å². The van der Waals surface area contributed by atoms with Gasteiger partial charge in [-0.15, -0.1) is 0 Å². The fourth-order valence-corrected chi connectivity index (χ4v) is 0.521. The summed E-state index contributed by atoms with van der Waals surface area (Å²) in [6, 6.07) is 0. The zero-order valence-electron chi connectivity index (χ0n) is 3.70. The lowest BCUT2D eigenvalue weighted by atomic mass is 10.3. The van der Waals surface area contributed by atoms with Crippen LogP contribution in [-0.2, 0) is 0 Å². The molecule has 0 aliphatic heterocycles. The summed E-state index contributed by atoms with van der Waals surface area (Å²) < 4.78 is 0. The third-order valence-corrected chi connectivity index (χ3v) is 0.897. The van der Waals surface area contributed by atoms with Gasteiger partial charge >= 0.3 is 0 Å². The molecule has 0 bridgehead atoms. The van der Waals surface area contributed by atoms with Crippen molar-refractivity contribution in [3.63, 3.8) is 0 Å². The van der Waals surface area contributed by atoms with Crippen LogP contribution in [0.4, 0.5) is 0 Å². The lowest BCUT2D eigenvalue weighted by Gasteiger charge is -1.79. The van der Waals surface area contributed by atoms with Crippen molar-refractivity contribution in [2.45, 2.75) is 12.8 Å². The molecule has 0 N–H and O–H groups in total. The Morgan fingerprint density at radius 3 is 2.83 bits per heavy atom. The second-order valence-electron chi connectivity index (χ2n) is 1.51. The van der Waals surface area contributed by atoms with Crippen LogP contribution in [0, 0.1) is 12.8 Å². The van der Waals surface area contributed by atoms with E-state index in [0.717, 1.165) is 12.8 Å². The molecular weight excluding hydrogens is 72.1 g/mol. The molecule has 0 nitrogen and oxygen atoms in total. The Hall–Kier alpha value is -0.260. The van der Waals surface area contributed by atoms with Gasteiger partial charge in [0, 0.05) is 0 Å². The maximum Gasteiger partial charge on any atom is -0.00664 e. The first-order valence-corrected chi connectivity index (χ1v) is 2.14. The zero-order valence-corrected chi connectivity index (χ0v) is 3.70. The van der Waals surface area contributed by atoms with Gasteiger partial charge in [-0.3, -0.25) is 0 Å². The van der Waals surface area contributed by atoms with Crippen LogP contribution in [0.2, 0.25) is 0 Å². The van der Waals surface area contributed by atoms with Crippen LogP contribution in [-0.4, -0.2) is 0 Å². The Kier molecular flexibility index (Phi) is 0.952. The van der Waals surface area contributed by atoms with E-state index in [1.807, 2.05) is 6.42 Å². The summed E-state index contributed by atoms with van der Waals surface area (Å²) in [5.74, 6) is 0. The van der Waals surface area contributed by atoms with Crippen molar-refractivity contribution in [2.75, 3.05) is 0 Å². The standard InChI is InChI=1S/C6H7/c1-6-4-2-3-5-6/h5H,1-2,4H2. The minimum atomic E-state index is 1.08. The summed E-state index contributed by atoms with van der Waals surface area (Å²) in [4.78, 5) is 0. The van der Waals surface area contributed by atoms with Crippen molar-refractivity contribution in [3.05, 3.63) is 25.0 Å². The van der Waals surface area contributed by atoms with Gasteiger partial charge in [0.2, 0.25) is 0 Å². The molecule has 0 unspecified atom stereocenters. The topological polar surface area (TPSA) is 0 Å². The fraction of sp³-hybridized carbons (Fsp3) is 0.333. The largest absolute Gasteiger partial charge is 0.0995 e. The van der Waals surface area contributed by atoms with Gasteiger partial charge in [-0.05, 0) is 25.7 Å². The Labute approximate surface area is 38.9 Å². The molecule has 1 aliphatic carbocycles. The third kappa shape index (κ3) is 0.618. The monoisotopic (exact) mass is 79.1 g/mol. The molecule has 0 heteroatoms. The highest BCUT2D eigenvalue weighted by molar-refractivity contribution is 5.20. The van der Waals surface area contributed by atoms with E-state index in [9.17, 15) is 0 Å². The van der Waals surface area contributed by atoms with E-state index >= 15 is 0 Å². The summed E-state index contributed by atoms with van der Waals surface area (Å²) in [6.45, 7) is 3.74. The van der Waals surface area contributed by atoms with E-state index in [-0.39, 0.29) is 0 Å². The van der Waals surface area contributed by atoms with Gasteiger partial charge in [0.15, 0.2) is 0 Å². The predicted octanol–water partition coefficient (Wildman–Crippen LogP) is 1.62. The molecular formula is C6H7. The highest BCUT2D eigenvalue weighted by atomic mass is 14.1. The average molecular weight is 79.1 g/mol. The van der Waals surface area contributed by atoms with Gasteiger partial charge in [-0.1, -0.05) is 12.2 Å². The van der Waals surface area contributed by atoms with Crippen LogP contribution in [0.5, 0.6) is 0 Å². The fourth-order valence-electron chi connectivity index (χ4n) is 0.521. The van der Waals surface area contributed by atoms with Crippen molar-refractivity contribution >= 4 is 0 Å². The van der Waals surface area contributed by atoms with E-state index in [1.54, 1.807) is 0 Å². The molecule has 1 saturated carbocycles. The Morgan fingerprint density at radius 1 is 1.83 bits per heavy atom. The van der Waals surface area contributed by atoms with Crippen LogP contribution >= 0.6 is 0 Å². The average Bonchev–Trinajstić information content (AvgIpc) is 1.86. The van der Waals surface area contributed by atoms with E-state index < -0.39 is 0 Å². The van der Waals surface area contributed by atoms with Gasteiger partial charge < -0.3 is 0 Å². The number of rotatable bonds is 0. The molecule has 3 radical (unpaired) electrons. The van der Waals surface area contributed by atoms with Crippen molar-refractivity contribution < 1.29 is 0 Å². The maximum atomic E-state index is 3.74. The van der Waals surface area contributed by atoms with Crippen LogP contribution < -0.4 is 0 Å². The highest BCUT2D eigenvalue weighted by Gasteiger charge is 2.02. The second kappa shape index (κ2) is 1.46. The smallest absolute Gasteiger partial charge is 0.00664 e. The van der Waals surface area contributed by atoms with Crippen LogP contribution in [0.1, 0.15) is 12.8 Å². The Balaban J connectivity index is 2.37. The molecule has 0 aromatic rings. The minimum absolute atomic E-state index is 1.08. The van der Waals surface area contributed by atoms with Gasteiger partial charge in [-0.2, -0.15) is 0 Å². The summed E-state index contributed by atoms with van der Waals surface area (Å²) >= 11 is 0. The van der Waals surface area contributed by atoms with E-state index in [0.29, 0.717) is 0 Å². The molecule has 0 amide bonds. The molecule has 0 saturated heterocycles. The number of hydrogen-bond donors (Lipinski definition) is 0. The first-order chi connectivity index (χ1) is 2.89. The molecule has 1 fully saturated rings. The molecule has 31 valence electrons. The van der Waals surface area contributed by atoms with Gasteiger partial charge in [0.25, 0.3) is 0 Å². The van der Waals surface area contributed by atoms with Crippen molar-refractivity contribution in [1.29, 1.82) is 0 Å². The third-order valence-electron chi connectivity index (χ3n) is 0.897. The van der Waals surface area contributed by atoms with E-state index in [1.165, 1.54) is 5.57 Å². The summed E-state index contributed by atoms with van der Waals surface area (Å²) in [6.07, 6.45) is 7.21. The quantitative estimate of drug-likeness (QED) is 0.414. The van der Waals surface area contributed by atoms with Crippen LogP contribution in [0.15, 0.2) is 12.2 Å². The molecule has 0 atom stereocenters. The number of allylic oxidation sites excluding steroid dienone is 1. The maximum absolute atomic E-state index is 3.74.